The van der Waals surface area contributed by atoms with E-state index >= 15 is 0 Å². The van der Waals surface area contributed by atoms with Crippen LogP contribution in [-0.4, -0.2) is 83.7 Å². The summed E-state index contributed by atoms with van der Waals surface area (Å²) in [6.07, 6.45) is -3.59. The topological polar surface area (TPSA) is 191 Å². The van der Waals surface area contributed by atoms with Crippen molar-refractivity contribution in [1.82, 2.24) is 19.7 Å². The number of anilines is 1. The minimum atomic E-state index is -1.52. The molecule has 0 bridgehead atoms. The number of hydrogen-bond donors (Lipinski definition) is 5. The zero-order chi connectivity index (χ0) is 27.5. The molecular formula is C26H25N7O6. The van der Waals surface area contributed by atoms with Gasteiger partial charge in [0.1, 0.15) is 36.0 Å². The lowest BCUT2D eigenvalue weighted by Crippen LogP contribution is -2.60. The smallest absolute Gasteiger partial charge is 0.229 e. The molecule has 1 saturated heterocycles. The minimum absolute atomic E-state index is 0.341. The van der Waals surface area contributed by atoms with Gasteiger partial charge in [-0.3, -0.25) is 5.43 Å². The Morgan fingerprint density at radius 2 is 1.82 bits per heavy atom. The van der Waals surface area contributed by atoms with Gasteiger partial charge in [-0.1, -0.05) is 0 Å². The van der Waals surface area contributed by atoms with E-state index in [0.717, 1.165) is 11.3 Å². The minimum Gasteiger partial charge on any atom is -0.462 e. The Hall–Kier alpha value is -4.45. The highest BCUT2D eigenvalue weighted by molar-refractivity contribution is 5.88. The van der Waals surface area contributed by atoms with Crippen LogP contribution in [0.2, 0.25) is 0 Å². The summed E-state index contributed by atoms with van der Waals surface area (Å²) >= 11 is 0. The number of nitrogens with one attached hydrogen (secondary N) is 1. The van der Waals surface area contributed by atoms with Gasteiger partial charge in [-0.2, -0.15) is 15.5 Å². The highest BCUT2D eigenvalue weighted by atomic mass is 16.7. The van der Waals surface area contributed by atoms with Crippen LogP contribution in [0.15, 0.2) is 59.8 Å². The van der Waals surface area contributed by atoms with Crippen molar-refractivity contribution < 1.29 is 29.9 Å². The number of ether oxygens (including phenoxy) is 2. The molecule has 1 aliphatic heterocycles. The molecule has 0 radical (unpaired) electrons. The average molecular weight is 532 g/mol. The van der Waals surface area contributed by atoms with E-state index in [1.807, 2.05) is 0 Å². The second kappa shape index (κ2) is 11.1. The monoisotopic (exact) mass is 531 g/mol. The van der Waals surface area contributed by atoms with Crippen LogP contribution in [-0.2, 0) is 4.74 Å². The number of fused-ring (bicyclic) bond motifs is 1. The van der Waals surface area contributed by atoms with E-state index in [0.29, 0.717) is 34.0 Å². The lowest BCUT2D eigenvalue weighted by molar-refractivity contribution is -0.277. The number of aliphatic hydroxyl groups excluding tert-OH is 4. The molecule has 0 saturated carbocycles. The van der Waals surface area contributed by atoms with Crippen LogP contribution in [0.5, 0.6) is 5.75 Å². The van der Waals surface area contributed by atoms with Gasteiger partial charge >= 0.3 is 0 Å². The number of nitrogens with zero attached hydrogens (tertiary/aromatic N) is 6. The van der Waals surface area contributed by atoms with Crippen molar-refractivity contribution in [3.05, 3.63) is 71.7 Å². The molecule has 4 aromatic rings. The molecular weight excluding hydrogens is 506 g/mol. The van der Waals surface area contributed by atoms with Gasteiger partial charge in [-0.15, -0.1) is 0 Å². The Balaban J connectivity index is 1.27. The van der Waals surface area contributed by atoms with Crippen LogP contribution >= 0.6 is 0 Å². The van der Waals surface area contributed by atoms with Gasteiger partial charge in [0.25, 0.3) is 0 Å². The van der Waals surface area contributed by atoms with Crippen molar-refractivity contribution in [1.29, 1.82) is 5.26 Å². The number of aliphatic hydroxyl groups is 4. The van der Waals surface area contributed by atoms with Crippen LogP contribution < -0.4 is 10.2 Å². The number of hydrogen-bond acceptors (Lipinski definition) is 12. The summed E-state index contributed by atoms with van der Waals surface area (Å²) in [4.78, 5) is 8.94. The second-order valence-electron chi connectivity index (χ2n) is 8.83. The fourth-order valence-corrected chi connectivity index (χ4v) is 4.07. The molecule has 0 amide bonds. The quantitative estimate of drug-likeness (QED) is 0.166. The first kappa shape index (κ1) is 26.2. The maximum absolute atomic E-state index is 10.1. The van der Waals surface area contributed by atoms with E-state index in [1.54, 1.807) is 72.5 Å². The Morgan fingerprint density at radius 3 is 2.51 bits per heavy atom. The molecule has 1 aliphatic rings. The van der Waals surface area contributed by atoms with E-state index in [9.17, 15) is 20.4 Å². The summed E-state index contributed by atoms with van der Waals surface area (Å²) in [5.41, 5.74) is 5.53. The van der Waals surface area contributed by atoms with E-state index in [1.165, 1.54) is 0 Å². The van der Waals surface area contributed by atoms with Gasteiger partial charge in [-0.05, 0) is 61.0 Å². The summed E-state index contributed by atoms with van der Waals surface area (Å²) < 4.78 is 12.6. The van der Waals surface area contributed by atoms with Gasteiger partial charge in [0.15, 0.2) is 11.5 Å². The predicted octanol–water partition coefficient (Wildman–Crippen LogP) is 0.620. The molecule has 0 spiro atoms. The van der Waals surface area contributed by atoms with Crippen molar-refractivity contribution in [2.75, 3.05) is 12.0 Å². The number of benzene rings is 2. The summed E-state index contributed by atoms with van der Waals surface area (Å²) in [6.45, 7) is 1.22. The van der Waals surface area contributed by atoms with E-state index in [2.05, 4.69) is 31.7 Å². The van der Waals surface area contributed by atoms with Crippen LogP contribution in [0.3, 0.4) is 0 Å². The van der Waals surface area contributed by atoms with E-state index in [4.69, 9.17) is 14.7 Å². The van der Waals surface area contributed by atoms with Crippen LogP contribution in [0.4, 0.5) is 5.82 Å². The normalized spacial score (nSPS) is 23.1. The highest BCUT2D eigenvalue weighted by Crippen LogP contribution is 2.25. The Bertz CT molecular complexity index is 1520. The number of aryl methyl sites for hydroxylation is 1. The van der Waals surface area contributed by atoms with Crippen molar-refractivity contribution in [2.24, 2.45) is 5.10 Å². The van der Waals surface area contributed by atoms with Gasteiger partial charge in [-0.25, -0.2) is 14.6 Å². The number of aromatic nitrogens is 4. The first-order valence-corrected chi connectivity index (χ1v) is 12.0. The molecule has 5 unspecified atom stereocenters. The predicted molar refractivity (Wildman–Crippen MR) is 138 cm³/mol. The molecule has 2 aromatic carbocycles. The molecule has 3 heterocycles. The summed E-state index contributed by atoms with van der Waals surface area (Å²) in [7, 11) is 0. The zero-order valence-electron chi connectivity index (χ0n) is 20.7. The standard InChI is InChI=1S/C26H25N7O6/c1-14-30-24(19-12-29-33(25(19)31-14)17-6-2-15(10-27)3-7-17)32-28-11-16-4-8-18(9-5-16)38-26-23(37)22(36)21(35)20(13-34)39-26/h2-9,11-12,20-23,26,34-37H,13H2,1H3,(H,30,31,32). The fraction of sp³-hybridized carbons (Fsp3) is 0.269. The number of nitriles is 1. The number of hydrazone groups is 1. The second-order valence-corrected chi connectivity index (χ2v) is 8.83. The molecule has 2 aromatic heterocycles. The molecule has 5 atom stereocenters. The molecule has 39 heavy (non-hydrogen) atoms. The van der Waals surface area contributed by atoms with Gasteiger partial charge in [0.2, 0.25) is 6.29 Å². The van der Waals surface area contributed by atoms with E-state index in [-0.39, 0.29) is 0 Å². The molecule has 1 fully saturated rings. The maximum atomic E-state index is 10.1. The Labute approximate surface area is 222 Å². The fourth-order valence-electron chi connectivity index (χ4n) is 4.07. The van der Waals surface area contributed by atoms with Crippen LogP contribution in [0.25, 0.3) is 16.7 Å². The summed E-state index contributed by atoms with van der Waals surface area (Å²) in [5.74, 6) is 1.33. The molecule has 13 nitrogen and oxygen atoms in total. The molecule has 5 N–H and O–H groups in total. The first-order valence-electron chi connectivity index (χ1n) is 12.0. The van der Waals surface area contributed by atoms with Crippen molar-refractivity contribution in [3.8, 4) is 17.5 Å². The molecule has 5 rings (SSSR count). The Kier molecular flexibility index (Phi) is 7.46. The van der Waals surface area contributed by atoms with Crippen molar-refractivity contribution >= 4 is 23.1 Å². The highest BCUT2D eigenvalue weighted by Gasteiger charge is 2.44. The third kappa shape index (κ3) is 5.41. The number of rotatable bonds is 7. The summed E-state index contributed by atoms with van der Waals surface area (Å²) in [6, 6.07) is 15.8. The third-order valence-corrected chi connectivity index (χ3v) is 6.15. The largest absolute Gasteiger partial charge is 0.462 e. The summed E-state index contributed by atoms with van der Waals surface area (Å²) in [5, 5.41) is 57.7. The van der Waals surface area contributed by atoms with Crippen LogP contribution in [0.1, 0.15) is 17.0 Å². The molecule has 200 valence electrons. The maximum Gasteiger partial charge on any atom is 0.229 e. The SMILES string of the molecule is Cc1nc(NN=Cc2ccc(OC3OC(CO)C(O)C(O)C3O)cc2)c2cnn(-c3ccc(C#N)cc3)c2n1. The van der Waals surface area contributed by atoms with Gasteiger partial charge in [0, 0.05) is 0 Å². The van der Waals surface area contributed by atoms with Gasteiger partial charge < -0.3 is 29.9 Å². The van der Waals surface area contributed by atoms with Crippen molar-refractivity contribution in [3.63, 3.8) is 0 Å². The third-order valence-electron chi connectivity index (χ3n) is 6.15. The zero-order valence-corrected chi connectivity index (χ0v) is 20.7. The average Bonchev–Trinajstić information content (AvgIpc) is 3.38. The molecule has 0 aliphatic carbocycles. The lowest BCUT2D eigenvalue weighted by Gasteiger charge is -2.39. The first-order chi connectivity index (χ1) is 18.9. The lowest BCUT2D eigenvalue weighted by atomic mass is 9.99. The molecule has 13 heteroatoms. The Morgan fingerprint density at radius 1 is 1.08 bits per heavy atom. The van der Waals surface area contributed by atoms with Crippen LogP contribution in [0, 0.1) is 18.3 Å². The van der Waals surface area contributed by atoms with Gasteiger partial charge in [0.05, 0.1) is 41.7 Å². The van der Waals surface area contributed by atoms with Crippen molar-refractivity contribution in [2.45, 2.75) is 37.6 Å². The van der Waals surface area contributed by atoms with E-state index < -0.39 is 37.3 Å².